The van der Waals surface area contributed by atoms with E-state index in [4.69, 9.17) is 9.47 Å². The number of benzene rings is 1. The molecular weight excluding hydrogens is 382 g/mol. The lowest BCUT2D eigenvalue weighted by molar-refractivity contribution is 0.122. The molecule has 1 aliphatic rings. The molecule has 0 bridgehead atoms. The fraction of sp³-hybridized carbons (Fsp3) is 0.444. The first-order chi connectivity index (χ1) is 13.5. The van der Waals surface area contributed by atoms with Gasteiger partial charge in [0.2, 0.25) is 16.0 Å². The lowest BCUT2D eigenvalue weighted by Gasteiger charge is -2.28. The van der Waals surface area contributed by atoms with Crippen molar-refractivity contribution >= 4 is 21.8 Å². The van der Waals surface area contributed by atoms with Crippen LogP contribution in [0.1, 0.15) is 5.69 Å². The number of ether oxygens (including phenoxy) is 2. The number of sulfonamides is 1. The minimum Gasteiger partial charge on any atom is -0.495 e. The maximum absolute atomic E-state index is 12.5. The van der Waals surface area contributed by atoms with E-state index in [0.717, 1.165) is 24.6 Å². The van der Waals surface area contributed by atoms with E-state index in [1.807, 2.05) is 13.0 Å². The zero-order valence-electron chi connectivity index (χ0n) is 16.0. The number of hydrogen-bond acceptors (Lipinski definition) is 8. The number of aryl methyl sites for hydroxylation is 1. The Morgan fingerprint density at radius 1 is 1.18 bits per heavy atom. The Kier molecular flexibility index (Phi) is 6.65. The van der Waals surface area contributed by atoms with E-state index < -0.39 is 10.0 Å². The third-order valence-corrected chi connectivity index (χ3v) is 5.74. The molecule has 1 aromatic heterocycles. The third kappa shape index (κ3) is 5.09. The quantitative estimate of drug-likeness (QED) is 0.625. The van der Waals surface area contributed by atoms with Crippen LogP contribution in [-0.4, -0.2) is 64.9 Å². The van der Waals surface area contributed by atoms with Crippen molar-refractivity contribution in [1.29, 1.82) is 0 Å². The molecule has 0 aliphatic carbocycles. The number of morpholine rings is 1. The summed E-state index contributed by atoms with van der Waals surface area (Å²) in [5.41, 5.74) is 0.841. The van der Waals surface area contributed by atoms with Crippen molar-refractivity contribution in [2.75, 3.05) is 56.7 Å². The van der Waals surface area contributed by atoms with Crippen LogP contribution in [0, 0.1) is 6.92 Å². The maximum atomic E-state index is 12.5. The first-order valence-electron chi connectivity index (χ1n) is 9.04. The lowest BCUT2D eigenvalue weighted by atomic mass is 10.3. The molecule has 1 fully saturated rings. The smallest absolute Gasteiger partial charge is 0.244 e. The van der Waals surface area contributed by atoms with Crippen LogP contribution in [-0.2, 0) is 14.8 Å². The van der Waals surface area contributed by atoms with Gasteiger partial charge in [-0.1, -0.05) is 12.1 Å². The van der Waals surface area contributed by atoms with E-state index in [0.29, 0.717) is 31.5 Å². The van der Waals surface area contributed by atoms with E-state index in [1.165, 1.54) is 13.2 Å². The predicted octanol–water partition coefficient (Wildman–Crippen LogP) is 1.02. The van der Waals surface area contributed by atoms with Crippen molar-refractivity contribution in [2.45, 2.75) is 11.8 Å². The summed E-state index contributed by atoms with van der Waals surface area (Å²) in [6.07, 6.45) is 0. The molecule has 2 aromatic rings. The van der Waals surface area contributed by atoms with Crippen LogP contribution in [0.5, 0.6) is 5.75 Å². The second-order valence-electron chi connectivity index (χ2n) is 6.27. The summed E-state index contributed by atoms with van der Waals surface area (Å²) in [6, 6.07) is 8.43. The average Bonchev–Trinajstić information content (AvgIpc) is 2.71. The van der Waals surface area contributed by atoms with Crippen LogP contribution in [0.3, 0.4) is 0 Å². The Labute approximate surface area is 165 Å². The molecule has 2 heterocycles. The highest BCUT2D eigenvalue weighted by Crippen LogP contribution is 2.22. The van der Waals surface area contributed by atoms with Crippen molar-refractivity contribution < 1.29 is 17.9 Å². The molecule has 0 spiro atoms. The standard InChI is InChI=1S/C18H25N5O4S/c1-14-13-17(23-9-11-27-12-10-23)22-18(21-14)19-7-8-20-28(24,25)16-6-4-3-5-15(16)26-2/h3-6,13,20H,7-12H2,1-2H3,(H,19,21,22). The van der Waals surface area contributed by atoms with E-state index in [1.54, 1.807) is 18.2 Å². The highest BCUT2D eigenvalue weighted by atomic mass is 32.2. The number of anilines is 2. The maximum Gasteiger partial charge on any atom is 0.244 e. The first-order valence-corrected chi connectivity index (χ1v) is 10.5. The van der Waals surface area contributed by atoms with Crippen LogP contribution < -0.4 is 19.7 Å². The highest BCUT2D eigenvalue weighted by Gasteiger charge is 2.18. The number of aromatic nitrogens is 2. The summed E-state index contributed by atoms with van der Waals surface area (Å²) in [5, 5.41) is 3.08. The summed E-state index contributed by atoms with van der Waals surface area (Å²) >= 11 is 0. The van der Waals surface area contributed by atoms with Gasteiger partial charge < -0.3 is 19.7 Å². The van der Waals surface area contributed by atoms with E-state index in [9.17, 15) is 8.42 Å². The highest BCUT2D eigenvalue weighted by molar-refractivity contribution is 7.89. The van der Waals surface area contributed by atoms with Crippen LogP contribution in [0.2, 0.25) is 0 Å². The van der Waals surface area contributed by atoms with Gasteiger partial charge in [0, 0.05) is 37.9 Å². The summed E-state index contributed by atoms with van der Waals surface area (Å²) in [5.74, 6) is 1.62. The first kappa shape index (κ1) is 20.3. The molecule has 0 unspecified atom stereocenters. The summed E-state index contributed by atoms with van der Waals surface area (Å²) in [6.45, 7) is 5.36. The minimum absolute atomic E-state index is 0.110. The van der Waals surface area contributed by atoms with Gasteiger partial charge in [-0.15, -0.1) is 0 Å². The van der Waals surface area contributed by atoms with Gasteiger partial charge in [0.15, 0.2) is 0 Å². The molecular formula is C18H25N5O4S. The van der Waals surface area contributed by atoms with Gasteiger partial charge >= 0.3 is 0 Å². The normalized spacial score (nSPS) is 14.7. The third-order valence-electron chi connectivity index (χ3n) is 4.23. The number of hydrogen-bond donors (Lipinski definition) is 2. The Bertz CT molecular complexity index is 901. The number of para-hydroxylation sites is 1. The molecule has 2 N–H and O–H groups in total. The van der Waals surface area contributed by atoms with Gasteiger partial charge in [-0.3, -0.25) is 0 Å². The molecule has 1 saturated heterocycles. The SMILES string of the molecule is COc1ccccc1S(=O)(=O)NCCNc1nc(C)cc(N2CCOCC2)n1. The zero-order chi connectivity index (χ0) is 20.0. The Morgan fingerprint density at radius 2 is 1.93 bits per heavy atom. The topological polar surface area (TPSA) is 106 Å². The van der Waals surface area contributed by atoms with Gasteiger partial charge in [-0.05, 0) is 19.1 Å². The van der Waals surface area contributed by atoms with Crippen molar-refractivity contribution in [3.8, 4) is 5.75 Å². The Hall–Kier alpha value is -2.43. The Morgan fingerprint density at radius 3 is 2.68 bits per heavy atom. The van der Waals surface area contributed by atoms with Crippen molar-refractivity contribution in [1.82, 2.24) is 14.7 Å². The van der Waals surface area contributed by atoms with Gasteiger partial charge in [0.25, 0.3) is 0 Å². The van der Waals surface area contributed by atoms with E-state index >= 15 is 0 Å². The number of nitrogens with one attached hydrogen (secondary N) is 2. The van der Waals surface area contributed by atoms with Gasteiger partial charge in [0.05, 0.1) is 20.3 Å². The second-order valence-corrected chi connectivity index (χ2v) is 8.00. The number of rotatable bonds is 8. The largest absolute Gasteiger partial charge is 0.495 e. The average molecular weight is 407 g/mol. The van der Waals surface area contributed by atoms with Crippen molar-refractivity contribution in [2.24, 2.45) is 0 Å². The van der Waals surface area contributed by atoms with E-state index in [-0.39, 0.29) is 11.4 Å². The van der Waals surface area contributed by atoms with Crippen molar-refractivity contribution in [3.63, 3.8) is 0 Å². The fourth-order valence-electron chi connectivity index (χ4n) is 2.86. The minimum atomic E-state index is -3.67. The molecule has 0 saturated carbocycles. The molecule has 1 aromatic carbocycles. The summed E-state index contributed by atoms with van der Waals surface area (Å²) in [4.78, 5) is 11.2. The molecule has 152 valence electrons. The number of nitrogens with zero attached hydrogens (tertiary/aromatic N) is 3. The summed E-state index contributed by atoms with van der Waals surface area (Å²) < 4.78 is 38.0. The van der Waals surface area contributed by atoms with Crippen LogP contribution in [0.15, 0.2) is 35.2 Å². The number of methoxy groups -OCH3 is 1. The molecule has 3 rings (SSSR count). The van der Waals surface area contributed by atoms with Gasteiger partial charge in [0.1, 0.15) is 16.5 Å². The molecule has 1 aliphatic heterocycles. The van der Waals surface area contributed by atoms with Crippen LogP contribution >= 0.6 is 0 Å². The fourth-order valence-corrected chi connectivity index (χ4v) is 4.06. The molecule has 0 radical (unpaired) electrons. The van der Waals surface area contributed by atoms with E-state index in [2.05, 4.69) is 24.9 Å². The monoisotopic (exact) mass is 407 g/mol. The predicted molar refractivity (Wildman–Crippen MR) is 106 cm³/mol. The molecule has 9 nitrogen and oxygen atoms in total. The summed E-state index contributed by atoms with van der Waals surface area (Å²) in [7, 11) is -2.23. The molecule has 0 atom stereocenters. The zero-order valence-corrected chi connectivity index (χ0v) is 16.8. The molecule has 10 heteroatoms. The second kappa shape index (κ2) is 9.18. The van der Waals surface area contributed by atoms with Gasteiger partial charge in [-0.25, -0.2) is 18.1 Å². The van der Waals surface area contributed by atoms with Crippen LogP contribution in [0.25, 0.3) is 0 Å². The van der Waals surface area contributed by atoms with Gasteiger partial charge in [-0.2, -0.15) is 4.98 Å². The lowest BCUT2D eigenvalue weighted by Crippen LogP contribution is -2.37. The van der Waals surface area contributed by atoms with Crippen molar-refractivity contribution in [3.05, 3.63) is 36.0 Å². The molecule has 28 heavy (non-hydrogen) atoms. The molecule has 0 amide bonds. The Balaban J connectivity index is 1.58. The van der Waals surface area contributed by atoms with Crippen LogP contribution in [0.4, 0.5) is 11.8 Å².